The molecule has 4 aromatic rings. The van der Waals surface area contributed by atoms with Gasteiger partial charge in [0.2, 0.25) is 0 Å². The van der Waals surface area contributed by atoms with Crippen molar-refractivity contribution in [1.82, 2.24) is 19.8 Å². The normalized spacial score (nSPS) is 16.0. The van der Waals surface area contributed by atoms with E-state index in [2.05, 4.69) is 45.5 Å². The molecular formula is C23H24N4OS. The van der Waals surface area contributed by atoms with Gasteiger partial charge in [0.15, 0.2) is 0 Å². The number of aromatic nitrogens is 2. The number of hydrogen-bond acceptors (Lipinski definition) is 5. The van der Waals surface area contributed by atoms with Gasteiger partial charge in [0.25, 0.3) is 5.56 Å². The summed E-state index contributed by atoms with van der Waals surface area (Å²) in [6.07, 6.45) is 5.76. The fourth-order valence-corrected chi connectivity index (χ4v) is 5.14. The lowest BCUT2D eigenvalue weighted by Gasteiger charge is -2.32. The fourth-order valence-electron chi connectivity index (χ4n) is 4.13. The van der Waals surface area contributed by atoms with E-state index < -0.39 is 0 Å². The van der Waals surface area contributed by atoms with Crippen LogP contribution >= 0.6 is 11.3 Å². The van der Waals surface area contributed by atoms with Crippen LogP contribution in [0.2, 0.25) is 0 Å². The predicted molar refractivity (Wildman–Crippen MR) is 119 cm³/mol. The Hall–Kier alpha value is -2.54. The van der Waals surface area contributed by atoms with Crippen molar-refractivity contribution >= 4 is 32.3 Å². The highest BCUT2D eigenvalue weighted by molar-refractivity contribution is 7.19. The summed E-state index contributed by atoms with van der Waals surface area (Å²) in [7, 11) is 0. The summed E-state index contributed by atoms with van der Waals surface area (Å²) in [5, 5.41) is 6.12. The van der Waals surface area contributed by atoms with Crippen LogP contribution in [0.25, 0.3) is 21.0 Å². The summed E-state index contributed by atoms with van der Waals surface area (Å²) < 4.78 is 3.20. The van der Waals surface area contributed by atoms with Crippen molar-refractivity contribution < 1.29 is 0 Å². The summed E-state index contributed by atoms with van der Waals surface area (Å²) in [6.45, 7) is 3.55. The largest absolute Gasteiger partial charge is 0.309 e. The van der Waals surface area contributed by atoms with Crippen LogP contribution in [0, 0.1) is 0 Å². The Labute approximate surface area is 173 Å². The quantitative estimate of drug-likeness (QED) is 0.549. The first-order valence-electron chi connectivity index (χ1n) is 10.1. The lowest BCUT2D eigenvalue weighted by atomic mass is 10.1. The Bertz CT molecular complexity index is 1160. The van der Waals surface area contributed by atoms with Crippen LogP contribution in [-0.4, -0.2) is 33.6 Å². The van der Waals surface area contributed by atoms with Crippen molar-refractivity contribution in [2.75, 3.05) is 13.1 Å². The molecule has 6 heteroatoms. The highest BCUT2D eigenvalue weighted by atomic mass is 32.1. The van der Waals surface area contributed by atoms with Crippen molar-refractivity contribution in [2.24, 2.45) is 0 Å². The molecule has 0 bridgehead atoms. The molecule has 4 heterocycles. The number of fused-ring (bicyclic) bond motifs is 2. The molecule has 1 fully saturated rings. The molecule has 5 rings (SSSR count). The molecular weight excluding hydrogens is 380 g/mol. The molecule has 148 valence electrons. The maximum absolute atomic E-state index is 12.4. The van der Waals surface area contributed by atoms with Crippen molar-refractivity contribution in [3.05, 3.63) is 76.2 Å². The first-order valence-corrected chi connectivity index (χ1v) is 10.9. The Balaban J connectivity index is 1.19. The van der Waals surface area contributed by atoms with Gasteiger partial charge in [-0.05, 0) is 42.5 Å². The van der Waals surface area contributed by atoms with Gasteiger partial charge in [-0.15, -0.1) is 11.3 Å². The molecule has 1 aliphatic heterocycles. The summed E-state index contributed by atoms with van der Waals surface area (Å²) >= 11 is 1.87. The fraction of sp³-hybridized carbons (Fsp3) is 0.304. The van der Waals surface area contributed by atoms with Gasteiger partial charge in [-0.3, -0.25) is 19.2 Å². The van der Waals surface area contributed by atoms with Gasteiger partial charge in [0.05, 0.1) is 18.4 Å². The number of nitrogens with one attached hydrogen (secondary N) is 1. The van der Waals surface area contributed by atoms with Gasteiger partial charge >= 0.3 is 0 Å². The van der Waals surface area contributed by atoms with Gasteiger partial charge in [-0.2, -0.15) is 0 Å². The molecule has 1 aliphatic rings. The van der Waals surface area contributed by atoms with E-state index >= 15 is 0 Å². The number of benzene rings is 1. The minimum Gasteiger partial charge on any atom is -0.309 e. The van der Waals surface area contributed by atoms with E-state index in [9.17, 15) is 4.79 Å². The van der Waals surface area contributed by atoms with Gasteiger partial charge in [-0.25, -0.2) is 0 Å². The average Bonchev–Trinajstić information content (AvgIpc) is 3.18. The molecule has 1 N–H and O–H groups in total. The van der Waals surface area contributed by atoms with Crippen LogP contribution in [0.3, 0.4) is 0 Å². The number of likely N-dealkylation sites (tertiary alicyclic amines) is 1. The molecule has 0 amide bonds. The van der Waals surface area contributed by atoms with E-state index in [4.69, 9.17) is 0 Å². The molecule has 0 spiro atoms. The van der Waals surface area contributed by atoms with Gasteiger partial charge in [0, 0.05) is 52.9 Å². The Morgan fingerprint density at radius 3 is 2.79 bits per heavy atom. The third kappa shape index (κ3) is 3.96. The van der Waals surface area contributed by atoms with E-state index in [0.717, 1.165) is 43.4 Å². The first kappa shape index (κ1) is 18.5. The molecule has 0 atom stereocenters. The maximum Gasteiger partial charge on any atom is 0.252 e. The van der Waals surface area contributed by atoms with Crippen molar-refractivity contribution in [1.29, 1.82) is 0 Å². The molecule has 0 unspecified atom stereocenters. The van der Waals surface area contributed by atoms with Crippen molar-refractivity contribution in [3.8, 4) is 0 Å². The zero-order valence-electron chi connectivity index (χ0n) is 16.3. The molecule has 29 heavy (non-hydrogen) atoms. The number of pyridine rings is 2. The van der Waals surface area contributed by atoms with E-state index in [-0.39, 0.29) is 5.56 Å². The molecule has 1 saturated heterocycles. The molecule has 5 nitrogen and oxygen atoms in total. The lowest BCUT2D eigenvalue weighted by Crippen LogP contribution is -2.43. The van der Waals surface area contributed by atoms with Crippen LogP contribution < -0.4 is 10.9 Å². The molecule has 1 aromatic carbocycles. The van der Waals surface area contributed by atoms with E-state index in [0.29, 0.717) is 12.7 Å². The van der Waals surface area contributed by atoms with Crippen LogP contribution in [0.5, 0.6) is 0 Å². The standard InChI is InChI=1S/C23H24N4OS/c28-23-6-5-17-7-10-24-15-21(17)27(23)16-26-11-8-19(9-12-26)25-14-20-13-18-3-1-2-4-22(18)29-20/h1-7,10,13,15,19,25H,8-9,11-12,14,16H2. The van der Waals surface area contributed by atoms with E-state index in [1.54, 1.807) is 18.5 Å². The van der Waals surface area contributed by atoms with Gasteiger partial charge in [-0.1, -0.05) is 18.2 Å². The van der Waals surface area contributed by atoms with Gasteiger partial charge in [0.1, 0.15) is 0 Å². The number of hydrogen-bond donors (Lipinski definition) is 1. The monoisotopic (exact) mass is 404 g/mol. The predicted octanol–water partition coefficient (Wildman–Crippen LogP) is 3.82. The second kappa shape index (κ2) is 8.06. The average molecular weight is 405 g/mol. The number of nitrogens with zero attached hydrogens (tertiary/aromatic N) is 3. The second-order valence-electron chi connectivity index (χ2n) is 7.70. The molecule has 0 saturated carbocycles. The Kier molecular flexibility index (Phi) is 5.14. The van der Waals surface area contributed by atoms with E-state index in [1.807, 2.05) is 28.0 Å². The van der Waals surface area contributed by atoms with Crippen LogP contribution in [0.4, 0.5) is 0 Å². The topological polar surface area (TPSA) is 50.2 Å². The maximum atomic E-state index is 12.4. The summed E-state index contributed by atoms with van der Waals surface area (Å²) in [5.74, 6) is 0. The van der Waals surface area contributed by atoms with Crippen LogP contribution in [-0.2, 0) is 13.2 Å². The van der Waals surface area contributed by atoms with E-state index in [1.165, 1.54) is 15.0 Å². The van der Waals surface area contributed by atoms with Crippen LogP contribution in [0.1, 0.15) is 17.7 Å². The smallest absolute Gasteiger partial charge is 0.252 e. The first-order chi connectivity index (χ1) is 14.3. The minimum atomic E-state index is 0.0375. The minimum absolute atomic E-state index is 0.0375. The molecule has 0 radical (unpaired) electrons. The van der Waals surface area contributed by atoms with Gasteiger partial charge < -0.3 is 5.32 Å². The Morgan fingerprint density at radius 2 is 1.93 bits per heavy atom. The highest BCUT2D eigenvalue weighted by Crippen LogP contribution is 2.25. The molecule has 3 aromatic heterocycles. The zero-order valence-corrected chi connectivity index (χ0v) is 17.1. The third-order valence-electron chi connectivity index (χ3n) is 5.77. The van der Waals surface area contributed by atoms with Crippen LogP contribution in [0.15, 0.2) is 65.7 Å². The lowest BCUT2D eigenvalue weighted by molar-refractivity contribution is 0.159. The summed E-state index contributed by atoms with van der Waals surface area (Å²) in [5.41, 5.74) is 0.945. The number of rotatable bonds is 5. The number of thiophene rings is 1. The Morgan fingerprint density at radius 1 is 1.07 bits per heavy atom. The summed E-state index contributed by atoms with van der Waals surface area (Å²) in [4.78, 5) is 20.4. The van der Waals surface area contributed by atoms with Crippen molar-refractivity contribution in [2.45, 2.75) is 32.1 Å². The molecule has 0 aliphatic carbocycles. The SMILES string of the molecule is O=c1ccc2ccncc2n1CN1CCC(NCc2cc3ccccc3s2)CC1. The zero-order chi connectivity index (χ0) is 19.6. The number of piperidine rings is 1. The van der Waals surface area contributed by atoms with Crippen molar-refractivity contribution in [3.63, 3.8) is 0 Å². The highest BCUT2D eigenvalue weighted by Gasteiger charge is 2.20. The summed E-state index contributed by atoms with van der Waals surface area (Å²) in [6, 6.07) is 16.9. The third-order valence-corrected chi connectivity index (χ3v) is 6.88. The second-order valence-corrected chi connectivity index (χ2v) is 8.87.